The number of carbonyl (C=O) groups is 2. The number of rotatable bonds is 9. The number of benzene rings is 2. The van der Waals surface area contributed by atoms with Crippen LogP contribution in [-0.4, -0.2) is 52.2 Å². The van der Waals surface area contributed by atoms with Gasteiger partial charge in [-0.2, -0.15) is 0 Å². The number of amides is 1. The van der Waals surface area contributed by atoms with E-state index in [2.05, 4.69) is 10.2 Å². The number of hydrogen-bond acceptors (Lipinski definition) is 6. The van der Waals surface area contributed by atoms with Crippen LogP contribution in [0.15, 0.2) is 42.5 Å². The van der Waals surface area contributed by atoms with E-state index in [1.54, 1.807) is 37.4 Å². The average molecular weight is 400 g/mol. The summed E-state index contributed by atoms with van der Waals surface area (Å²) in [6.45, 7) is 0.790. The molecule has 1 atom stereocenters. The van der Waals surface area contributed by atoms with Crippen molar-refractivity contribution in [1.29, 1.82) is 0 Å². The zero-order chi connectivity index (χ0) is 21.4. The van der Waals surface area contributed by atoms with Gasteiger partial charge in [-0.05, 0) is 49.5 Å². The van der Waals surface area contributed by atoms with E-state index in [0.717, 1.165) is 12.1 Å². The summed E-state index contributed by atoms with van der Waals surface area (Å²) in [7, 11) is 8.37. The normalized spacial score (nSPS) is 11.7. The summed E-state index contributed by atoms with van der Waals surface area (Å²) in [4.78, 5) is 26.7. The van der Waals surface area contributed by atoms with Crippen molar-refractivity contribution in [3.05, 3.63) is 59.2 Å². The van der Waals surface area contributed by atoms with Gasteiger partial charge in [0.15, 0.2) is 11.5 Å². The van der Waals surface area contributed by atoms with Gasteiger partial charge in [-0.3, -0.25) is 9.59 Å². The van der Waals surface area contributed by atoms with Gasteiger partial charge in [-0.15, -0.1) is 0 Å². The van der Waals surface area contributed by atoms with Crippen LogP contribution in [0.5, 0.6) is 11.5 Å². The van der Waals surface area contributed by atoms with Gasteiger partial charge >= 0.3 is 5.97 Å². The van der Waals surface area contributed by atoms with Crippen LogP contribution in [0.1, 0.15) is 33.9 Å². The van der Waals surface area contributed by atoms with Gasteiger partial charge in [0.2, 0.25) is 0 Å². The molecule has 2 aromatic rings. The van der Waals surface area contributed by atoms with Crippen molar-refractivity contribution in [2.45, 2.75) is 19.0 Å². The maximum absolute atomic E-state index is 12.8. The van der Waals surface area contributed by atoms with Crippen LogP contribution in [0, 0.1) is 0 Å². The van der Waals surface area contributed by atoms with Gasteiger partial charge in [-0.1, -0.05) is 18.2 Å². The molecule has 0 unspecified atom stereocenters. The second-order valence-electron chi connectivity index (χ2n) is 6.86. The Kier molecular flexibility index (Phi) is 8.03. The van der Waals surface area contributed by atoms with Gasteiger partial charge < -0.3 is 24.4 Å². The van der Waals surface area contributed by atoms with Gasteiger partial charge in [0, 0.05) is 12.1 Å². The summed E-state index contributed by atoms with van der Waals surface area (Å²) in [5.74, 6) is 0.384. The minimum atomic E-state index is -0.573. The van der Waals surface area contributed by atoms with Crippen molar-refractivity contribution >= 4 is 11.9 Å². The molecule has 0 bridgehead atoms. The molecule has 7 nitrogen and oxygen atoms in total. The van der Waals surface area contributed by atoms with Crippen molar-refractivity contribution in [3.63, 3.8) is 0 Å². The summed E-state index contributed by atoms with van der Waals surface area (Å²) in [5.41, 5.74) is 2.34. The lowest BCUT2D eigenvalue weighted by atomic mass is 10.0. The van der Waals surface area contributed by atoms with Crippen LogP contribution < -0.4 is 14.8 Å². The summed E-state index contributed by atoms with van der Waals surface area (Å²) in [6.07, 6.45) is -0.00354. The van der Waals surface area contributed by atoms with Gasteiger partial charge in [0.1, 0.15) is 0 Å². The third-order valence-electron chi connectivity index (χ3n) is 4.43. The molecule has 0 aliphatic rings. The van der Waals surface area contributed by atoms with E-state index in [1.165, 1.54) is 14.2 Å². The fraction of sp³-hybridized carbons (Fsp3) is 0.364. The van der Waals surface area contributed by atoms with E-state index in [-0.39, 0.29) is 12.3 Å². The second-order valence-corrected chi connectivity index (χ2v) is 6.86. The van der Waals surface area contributed by atoms with E-state index < -0.39 is 12.0 Å². The Balaban J connectivity index is 2.24. The molecule has 7 heteroatoms. The first-order valence-corrected chi connectivity index (χ1v) is 9.21. The monoisotopic (exact) mass is 400 g/mol. The molecule has 29 heavy (non-hydrogen) atoms. The molecule has 0 saturated carbocycles. The lowest BCUT2D eigenvalue weighted by Crippen LogP contribution is -2.30. The molecule has 0 aliphatic carbocycles. The topological polar surface area (TPSA) is 77.1 Å². The largest absolute Gasteiger partial charge is 0.493 e. The smallest absolute Gasteiger partial charge is 0.307 e. The zero-order valence-electron chi connectivity index (χ0n) is 17.5. The van der Waals surface area contributed by atoms with Crippen molar-refractivity contribution < 1.29 is 23.8 Å². The molecule has 0 heterocycles. The van der Waals surface area contributed by atoms with Crippen LogP contribution in [-0.2, 0) is 16.1 Å². The van der Waals surface area contributed by atoms with E-state index >= 15 is 0 Å². The summed E-state index contributed by atoms with van der Waals surface area (Å²) in [5, 5.41) is 2.92. The molecular weight excluding hydrogens is 372 g/mol. The highest BCUT2D eigenvalue weighted by molar-refractivity contribution is 5.94. The zero-order valence-corrected chi connectivity index (χ0v) is 17.5. The average Bonchev–Trinajstić information content (AvgIpc) is 2.72. The SMILES string of the molecule is COC(=O)C[C@H](NC(=O)c1ccc(CN(C)C)cc1)c1ccc(OC)c(OC)c1. The third-order valence-corrected chi connectivity index (χ3v) is 4.43. The Hall–Kier alpha value is -3.06. The van der Waals surface area contributed by atoms with Crippen LogP contribution in [0.4, 0.5) is 0 Å². The Bertz CT molecular complexity index is 834. The second kappa shape index (κ2) is 10.5. The number of methoxy groups -OCH3 is 3. The van der Waals surface area contributed by atoms with Crippen LogP contribution in [0.2, 0.25) is 0 Å². The fourth-order valence-corrected chi connectivity index (χ4v) is 2.94. The first-order chi connectivity index (χ1) is 13.9. The lowest BCUT2D eigenvalue weighted by molar-refractivity contribution is -0.141. The van der Waals surface area contributed by atoms with Crippen molar-refractivity contribution in [2.24, 2.45) is 0 Å². The van der Waals surface area contributed by atoms with Crippen LogP contribution in [0.25, 0.3) is 0 Å². The summed E-state index contributed by atoms with van der Waals surface area (Å²) >= 11 is 0. The van der Waals surface area contributed by atoms with Crippen molar-refractivity contribution in [1.82, 2.24) is 10.2 Å². The molecule has 0 saturated heterocycles. The lowest BCUT2D eigenvalue weighted by Gasteiger charge is -2.20. The van der Waals surface area contributed by atoms with Gasteiger partial charge in [0.25, 0.3) is 5.91 Å². The van der Waals surface area contributed by atoms with Crippen molar-refractivity contribution in [3.8, 4) is 11.5 Å². The maximum atomic E-state index is 12.8. The molecular formula is C22H28N2O5. The molecule has 0 fully saturated rings. The Morgan fingerprint density at radius 3 is 2.17 bits per heavy atom. The molecule has 1 N–H and O–H groups in total. The Morgan fingerprint density at radius 1 is 0.966 bits per heavy atom. The number of nitrogens with zero attached hydrogens (tertiary/aromatic N) is 1. The number of esters is 1. The Labute approximate surface area is 171 Å². The molecule has 0 aromatic heterocycles. The standard InChI is InChI=1S/C22H28N2O5/c1-24(2)14-15-6-8-16(9-7-15)22(26)23-18(13-21(25)29-5)17-10-11-19(27-3)20(12-17)28-4/h6-12,18H,13-14H2,1-5H3,(H,23,26)/t18-/m0/s1. The number of carbonyl (C=O) groups excluding carboxylic acids is 2. The van der Waals surface area contributed by atoms with E-state index in [0.29, 0.717) is 22.6 Å². The first kappa shape index (κ1) is 22.2. The van der Waals surface area contributed by atoms with Crippen molar-refractivity contribution in [2.75, 3.05) is 35.4 Å². The van der Waals surface area contributed by atoms with E-state index in [4.69, 9.17) is 14.2 Å². The van der Waals surface area contributed by atoms with Gasteiger partial charge in [-0.25, -0.2) is 0 Å². The number of nitrogens with one attached hydrogen (secondary N) is 1. The predicted octanol–water partition coefficient (Wildman–Crippen LogP) is 2.80. The molecule has 1 amide bonds. The first-order valence-electron chi connectivity index (χ1n) is 9.21. The number of ether oxygens (including phenoxy) is 3. The Morgan fingerprint density at radius 2 is 1.62 bits per heavy atom. The highest BCUT2D eigenvalue weighted by Gasteiger charge is 2.21. The predicted molar refractivity (Wildman–Crippen MR) is 110 cm³/mol. The molecule has 2 rings (SSSR count). The van der Waals surface area contributed by atoms with Crippen LogP contribution >= 0.6 is 0 Å². The van der Waals surface area contributed by atoms with E-state index in [9.17, 15) is 9.59 Å². The minimum Gasteiger partial charge on any atom is -0.493 e. The van der Waals surface area contributed by atoms with Crippen LogP contribution in [0.3, 0.4) is 0 Å². The highest BCUT2D eigenvalue weighted by Crippen LogP contribution is 2.31. The quantitative estimate of drug-likeness (QED) is 0.653. The fourth-order valence-electron chi connectivity index (χ4n) is 2.94. The molecule has 0 radical (unpaired) electrons. The highest BCUT2D eigenvalue weighted by atomic mass is 16.5. The van der Waals surface area contributed by atoms with E-state index in [1.807, 2.05) is 26.2 Å². The maximum Gasteiger partial charge on any atom is 0.307 e. The summed E-state index contributed by atoms with van der Waals surface area (Å²) in [6, 6.07) is 12.1. The number of hydrogen-bond donors (Lipinski definition) is 1. The molecule has 0 spiro atoms. The molecule has 2 aromatic carbocycles. The molecule has 156 valence electrons. The molecule has 0 aliphatic heterocycles. The third kappa shape index (κ3) is 6.22. The summed E-state index contributed by atoms with van der Waals surface area (Å²) < 4.78 is 15.4. The van der Waals surface area contributed by atoms with Gasteiger partial charge in [0.05, 0.1) is 33.8 Å². The minimum absolute atomic E-state index is 0.00354.